The molecule has 2 N–H and O–H groups in total. The van der Waals surface area contributed by atoms with E-state index in [1.165, 1.54) is 0 Å². The summed E-state index contributed by atoms with van der Waals surface area (Å²) in [5.41, 5.74) is 9.19. The predicted octanol–water partition coefficient (Wildman–Crippen LogP) is 3.24. The first-order valence-electron chi connectivity index (χ1n) is 7.61. The molecular weight excluding hydrogens is 273 g/mol. The molecule has 4 heteroatoms. The number of hydrogen-bond acceptors (Lipinski definition) is 3. The van der Waals surface area contributed by atoms with Gasteiger partial charge in [0.15, 0.2) is 0 Å². The van der Waals surface area contributed by atoms with Crippen molar-refractivity contribution in [2.45, 2.75) is 38.9 Å². The van der Waals surface area contributed by atoms with Gasteiger partial charge >= 0.3 is 7.12 Å². The van der Waals surface area contributed by atoms with E-state index in [9.17, 15) is 0 Å². The van der Waals surface area contributed by atoms with Crippen molar-refractivity contribution in [1.82, 2.24) is 0 Å². The lowest BCUT2D eigenvalue weighted by Crippen LogP contribution is -2.41. The van der Waals surface area contributed by atoms with Crippen LogP contribution in [0.4, 0.5) is 5.69 Å². The molecule has 0 aromatic heterocycles. The van der Waals surface area contributed by atoms with Crippen LogP contribution in [0.1, 0.15) is 27.7 Å². The van der Waals surface area contributed by atoms with Crippen LogP contribution in [-0.4, -0.2) is 18.3 Å². The largest absolute Gasteiger partial charge is 0.495 e. The fourth-order valence-corrected chi connectivity index (χ4v) is 2.62. The molecule has 0 spiro atoms. The first-order chi connectivity index (χ1) is 10.3. The van der Waals surface area contributed by atoms with Gasteiger partial charge in [-0.05, 0) is 56.4 Å². The molecule has 0 radical (unpaired) electrons. The fourth-order valence-electron chi connectivity index (χ4n) is 2.62. The zero-order valence-electron chi connectivity index (χ0n) is 13.6. The summed E-state index contributed by atoms with van der Waals surface area (Å²) in [7, 11) is -0.388. The van der Waals surface area contributed by atoms with Crippen LogP contribution < -0.4 is 11.2 Å². The smallest absolute Gasteiger partial charge is 0.399 e. The minimum Gasteiger partial charge on any atom is -0.399 e. The molecule has 0 aliphatic carbocycles. The molecule has 2 aromatic rings. The van der Waals surface area contributed by atoms with Crippen molar-refractivity contribution in [3.8, 4) is 11.1 Å². The van der Waals surface area contributed by atoms with Crippen LogP contribution in [0.25, 0.3) is 11.1 Å². The minimum absolute atomic E-state index is 0.354. The van der Waals surface area contributed by atoms with Gasteiger partial charge in [-0.15, -0.1) is 0 Å². The molecule has 0 amide bonds. The molecule has 0 bridgehead atoms. The van der Waals surface area contributed by atoms with Crippen LogP contribution in [-0.2, 0) is 9.31 Å². The van der Waals surface area contributed by atoms with E-state index in [2.05, 4.69) is 39.8 Å². The van der Waals surface area contributed by atoms with Crippen molar-refractivity contribution in [2.75, 3.05) is 5.73 Å². The third kappa shape index (κ3) is 2.53. The summed E-state index contributed by atoms with van der Waals surface area (Å²) in [6.45, 7) is 8.25. The number of nitrogen functional groups attached to an aromatic ring is 1. The van der Waals surface area contributed by atoms with E-state index in [1.807, 2.05) is 36.4 Å². The van der Waals surface area contributed by atoms with E-state index < -0.39 is 0 Å². The van der Waals surface area contributed by atoms with E-state index >= 15 is 0 Å². The van der Waals surface area contributed by atoms with E-state index in [0.29, 0.717) is 0 Å². The van der Waals surface area contributed by atoms with Crippen LogP contribution in [0.5, 0.6) is 0 Å². The average molecular weight is 295 g/mol. The molecule has 22 heavy (non-hydrogen) atoms. The highest BCUT2D eigenvalue weighted by Gasteiger charge is 2.52. The maximum absolute atomic E-state index is 6.19. The van der Waals surface area contributed by atoms with Crippen molar-refractivity contribution in [3.63, 3.8) is 0 Å². The molecule has 1 fully saturated rings. The van der Waals surface area contributed by atoms with Crippen molar-refractivity contribution < 1.29 is 9.31 Å². The topological polar surface area (TPSA) is 44.5 Å². The minimum atomic E-state index is -0.388. The summed E-state index contributed by atoms with van der Waals surface area (Å²) < 4.78 is 12.4. The lowest BCUT2D eigenvalue weighted by Gasteiger charge is -2.32. The Bertz CT molecular complexity index is 667. The molecule has 114 valence electrons. The van der Waals surface area contributed by atoms with Crippen LogP contribution in [0.15, 0.2) is 48.5 Å². The Kier molecular flexibility index (Phi) is 3.54. The van der Waals surface area contributed by atoms with Gasteiger partial charge in [0, 0.05) is 5.69 Å². The Balaban J connectivity index is 2.06. The highest BCUT2D eigenvalue weighted by molar-refractivity contribution is 6.64. The summed E-state index contributed by atoms with van der Waals surface area (Å²) in [6.07, 6.45) is 0. The van der Waals surface area contributed by atoms with Gasteiger partial charge in [0.2, 0.25) is 0 Å². The van der Waals surface area contributed by atoms with Gasteiger partial charge in [-0.3, -0.25) is 0 Å². The Labute approximate surface area is 132 Å². The molecule has 1 saturated heterocycles. The van der Waals surface area contributed by atoms with Gasteiger partial charge in [-0.25, -0.2) is 0 Å². The Morgan fingerprint density at radius 2 is 1.45 bits per heavy atom. The lowest BCUT2D eigenvalue weighted by molar-refractivity contribution is 0.00578. The highest BCUT2D eigenvalue weighted by atomic mass is 16.7. The molecule has 3 nitrogen and oxygen atoms in total. The first-order valence-corrected chi connectivity index (χ1v) is 7.61. The quantitative estimate of drug-likeness (QED) is 0.683. The van der Waals surface area contributed by atoms with Crippen molar-refractivity contribution in [3.05, 3.63) is 48.5 Å². The molecule has 2 aromatic carbocycles. The monoisotopic (exact) mass is 295 g/mol. The molecule has 0 unspecified atom stereocenters. The van der Waals surface area contributed by atoms with Crippen molar-refractivity contribution in [1.29, 1.82) is 0 Å². The summed E-state index contributed by atoms with van der Waals surface area (Å²) >= 11 is 0. The maximum atomic E-state index is 6.19. The third-order valence-electron chi connectivity index (χ3n) is 4.67. The number of hydrogen-bond donors (Lipinski definition) is 1. The van der Waals surface area contributed by atoms with Gasteiger partial charge in [-0.2, -0.15) is 0 Å². The van der Waals surface area contributed by atoms with Gasteiger partial charge in [-0.1, -0.05) is 36.4 Å². The third-order valence-corrected chi connectivity index (χ3v) is 4.67. The van der Waals surface area contributed by atoms with Gasteiger partial charge in [0.05, 0.1) is 11.2 Å². The fraction of sp³-hybridized carbons (Fsp3) is 0.333. The maximum Gasteiger partial charge on any atom is 0.495 e. The van der Waals surface area contributed by atoms with Crippen LogP contribution >= 0.6 is 0 Å². The molecule has 0 atom stereocenters. The second kappa shape index (κ2) is 5.15. The summed E-state index contributed by atoms with van der Waals surface area (Å²) in [6, 6.07) is 16.1. The molecular formula is C18H22BNO2. The second-order valence-corrected chi connectivity index (χ2v) is 6.80. The summed E-state index contributed by atoms with van der Waals surface area (Å²) in [5.74, 6) is 0. The highest BCUT2D eigenvalue weighted by Crippen LogP contribution is 2.37. The molecule has 1 aliphatic rings. The van der Waals surface area contributed by atoms with Crippen LogP contribution in [0, 0.1) is 0 Å². The van der Waals surface area contributed by atoms with Crippen molar-refractivity contribution in [2.24, 2.45) is 0 Å². The molecule has 3 rings (SSSR count). The molecule has 1 heterocycles. The van der Waals surface area contributed by atoms with Gasteiger partial charge in [0.25, 0.3) is 0 Å². The number of nitrogens with two attached hydrogens (primary N) is 1. The van der Waals surface area contributed by atoms with Crippen molar-refractivity contribution >= 4 is 18.3 Å². The number of rotatable bonds is 2. The SMILES string of the molecule is CC1(C)OB(c2ccc(N)cc2-c2ccccc2)OC1(C)C. The summed E-state index contributed by atoms with van der Waals surface area (Å²) in [5, 5.41) is 0. The average Bonchev–Trinajstić information content (AvgIpc) is 2.68. The van der Waals surface area contributed by atoms with Crippen LogP contribution in [0.3, 0.4) is 0 Å². The second-order valence-electron chi connectivity index (χ2n) is 6.80. The normalized spacial score (nSPS) is 19.4. The summed E-state index contributed by atoms with van der Waals surface area (Å²) in [4.78, 5) is 0. The molecule has 0 saturated carbocycles. The van der Waals surface area contributed by atoms with Gasteiger partial charge < -0.3 is 15.0 Å². The van der Waals surface area contributed by atoms with E-state index in [1.54, 1.807) is 0 Å². The van der Waals surface area contributed by atoms with E-state index in [-0.39, 0.29) is 18.3 Å². The predicted molar refractivity (Wildman–Crippen MR) is 92.0 cm³/mol. The Morgan fingerprint density at radius 3 is 2.05 bits per heavy atom. The number of benzene rings is 2. The lowest BCUT2D eigenvalue weighted by atomic mass is 9.74. The van der Waals surface area contributed by atoms with E-state index in [0.717, 1.165) is 22.3 Å². The Morgan fingerprint density at radius 1 is 0.864 bits per heavy atom. The standard InChI is InChI=1S/C18H22BNO2/c1-17(2)18(3,4)22-19(21-17)16-11-10-14(20)12-15(16)13-8-6-5-7-9-13/h5-12H,20H2,1-4H3. The zero-order chi connectivity index (χ0) is 16.0. The van der Waals surface area contributed by atoms with Gasteiger partial charge in [0.1, 0.15) is 0 Å². The van der Waals surface area contributed by atoms with Crippen LogP contribution in [0.2, 0.25) is 0 Å². The zero-order valence-corrected chi connectivity index (χ0v) is 13.6. The number of anilines is 1. The Hall–Kier alpha value is -1.78. The molecule has 1 aliphatic heterocycles. The van der Waals surface area contributed by atoms with E-state index in [4.69, 9.17) is 15.0 Å². The first kappa shape index (κ1) is 15.1.